The molecule has 12 heteroatoms. The zero-order valence-corrected chi connectivity index (χ0v) is 27.0. The standard InChI is InChI=1S/C37H35N5O7/c1-23-7-9-26-17-29(23)25-5-3-6-27(16-25)47-22-35(43)38-18-24-8-11-31(33(15-24)46-2)49-34-21-41(20-30(34)40-36(26)44)37(45)32-12-10-28(48-32)19-42-14-4-13-39-42/h3-17,30,34H,18-22H2,1-2H3,(H,38,43)(H,40,44)/t30-,34-/m0/s1. The van der Waals surface area contributed by atoms with E-state index in [4.69, 9.17) is 18.6 Å². The van der Waals surface area contributed by atoms with Gasteiger partial charge in [-0.25, -0.2) is 0 Å². The summed E-state index contributed by atoms with van der Waals surface area (Å²) in [4.78, 5) is 41.8. The highest BCUT2D eigenvalue weighted by atomic mass is 16.5. The molecule has 3 amide bonds. The summed E-state index contributed by atoms with van der Waals surface area (Å²) in [7, 11) is 1.53. The van der Waals surface area contributed by atoms with Crippen molar-refractivity contribution in [2.24, 2.45) is 0 Å². The van der Waals surface area contributed by atoms with Crippen molar-refractivity contribution in [2.45, 2.75) is 32.2 Å². The number of benzene rings is 3. The second-order valence-electron chi connectivity index (χ2n) is 12.0. The van der Waals surface area contributed by atoms with Crippen LogP contribution in [0.25, 0.3) is 11.1 Å². The first-order valence-corrected chi connectivity index (χ1v) is 15.9. The van der Waals surface area contributed by atoms with E-state index in [1.165, 1.54) is 7.11 Å². The molecule has 3 aliphatic heterocycles. The van der Waals surface area contributed by atoms with E-state index in [1.54, 1.807) is 52.2 Å². The molecule has 0 saturated carbocycles. The number of hydrogen-bond donors (Lipinski definition) is 2. The number of nitrogens with zero attached hydrogens (tertiary/aromatic N) is 3. The highest BCUT2D eigenvalue weighted by molar-refractivity contribution is 5.96. The number of amides is 3. The van der Waals surface area contributed by atoms with Crippen LogP contribution in [-0.4, -0.2) is 71.4 Å². The minimum absolute atomic E-state index is 0.162. The van der Waals surface area contributed by atoms with Crippen molar-refractivity contribution in [3.05, 3.63) is 119 Å². The van der Waals surface area contributed by atoms with Crippen molar-refractivity contribution in [1.82, 2.24) is 25.3 Å². The lowest BCUT2D eigenvalue weighted by Crippen LogP contribution is -2.45. The molecule has 5 heterocycles. The van der Waals surface area contributed by atoms with Crippen molar-refractivity contribution in [3.63, 3.8) is 0 Å². The van der Waals surface area contributed by atoms with Crippen LogP contribution in [0.1, 0.15) is 37.8 Å². The van der Waals surface area contributed by atoms with Gasteiger partial charge in [0.2, 0.25) is 0 Å². The van der Waals surface area contributed by atoms with Gasteiger partial charge in [0, 0.05) is 31.0 Å². The summed E-state index contributed by atoms with van der Waals surface area (Å²) in [5.74, 6) is 1.28. The predicted octanol–water partition coefficient (Wildman–Crippen LogP) is 4.22. The number of methoxy groups -OCH3 is 1. The van der Waals surface area contributed by atoms with Gasteiger partial charge in [0.1, 0.15) is 17.6 Å². The Kier molecular flexibility index (Phi) is 8.75. The van der Waals surface area contributed by atoms with Crippen molar-refractivity contribution in [3.8, 4) is 28.4 Å². The van der Waals surface area contributed by atoms with Gasteiger partial charge in [-0.1, -0.05) is 24.3 Å². The Hall–Kier alpha value is -6.04. The lowest BCUT2D eigenvalue weighted by Gasteiger charge is -2.23. The van der Waals surface area contributed by atoms with Gasteiger partial charge in [-0.2, -0.15) is 5.10 Å². The third kappa shape index (κ3) is 6.98. The van der Waals surface area contributed by atoms with Gasteiger partial charge in [0.05, 0.1) is 26.2 Å². The Morgan fingerprint density at radius 3 is 2.73 bits per heavy atom. The van der Waals surface area contributed by atoms with E-state index in [0.29, 0.717) is 35.1 Å². The van der Waals surface area contributed by atoms with Gasteiger partial charge in [-0.15, -0.1) is 0 Å². The van der Waals surface area contributed by atoms with Crippen molar-refractivity contribution < 1.29 is 33.0 Å². The summed E-state index contributed by atoms with van der Waals surface area (Å²) < 4.78 is 25.5. The van der Waals surface area contributed by atoms with Crippen LogP contribution >= 0.6 is 0 Å². The van der Waals surface area contributed by atoms with E-state index in [0.717, 1.165) is 22.3 Å². The van der Waals surface area contributed by atoms with E-state index in [-0.39, 0.29) is 49.7 Å². The van der Waals surface area contributed by atoms with Crippen molar-refractivity contribution in [2.75, 3.05) is 26.8 Å². The highest BCUT2D eigenvalue weighted by Gasteiger charge is 2.39. The Morgan fingerprint density at radius 2 is 1.90 bits per heavy atom. The molecule has 0 radical (unpaired) electrons. The number of fused-ring (bicyclic) bond motifs is 7. The summed E-state index contributed by atoms with van der Waals surface area (Å²) in [5, 5.41) is 10.2. The molecule has 250 valence electrons. The fourth-order valence-corrected chi connectivity index (χ4v) is 6.05. The fraction of sp³-hybridized carbons (Fsp3) is 0.243. The largest absolute Gasteiger partial charge is 0.493 e. The molecule has 3 aromatic carbocycles. The maximum Gasteiger partial charge on any atom is 0.289 e. The molecule has 3 aliphatic rings. The molecule has 0 aliphatic carbocycles. The predicted molar refractivity (Wildman–Crippen MR) is 179 cm³/mol. The Morgan fingerprint density at radius 1 is 1.00 bits per heavy atom. The summed E-state index contributed by atoms with van der Waals surface area (Å²) >= 11 is 0. The number of aromatic nitrogens is 2. The van der Waals surface area contributed by atoms with Gasteiger partial charge < -0.3 is 34.2 Å². The average molecular weight is 662 g/mol. The molecule has 2 N–H and O–H groups in total. The zero-order valence-electron chi connectivity index (χ0n) is 27.0. The summed E-state index contributed by atoms with van der Waals surface area (Å²) in [6, 6.07) is 22.9. The number of rotatable bonds is 4. The minimum atomic E-state index is -0.616. The van der Waals surface area contributed by atoms with E-state index in [1.807, 2.05) is 55.6 Å². The van der Waals surface area contributed by atoms with Crippen LogP contribution in [0, 0.1) is 6.92 Å². The number of aryl methyl sites for hydroxylation is 1. The molecule has 2 aromatic heterocycles. The van der Waals surface area contributed by atoms with Crippen LogP contribution in [-0.2, 0) is 17.9 Å². The number of hydrogen-bond acceptors (Lipinski definition) is 8. The number of nitrogens with one attached hydrogen (secondary N) is 2. The summed E-state index contributed by atoms with van der Waals surface area (Å²) in [5.41, 5.74) is 3.89. The molecule has 49 heavy (non-hydrogen) atoms. The maximum atomic E-state index is 13.8. The lowest BCUT2D eigenvalue weighted by atomic mass is 9.97. The van der Waals surface area contributed by atoms with E-state index < -0.39 is 12.1 Å². The highest BCUT2D eigenvalue weighted by Crippen LogP contribution is 2.32. The monoisotopic (exact) mass is 661 g/mol. The van der Waals surface area contributed by atoms with Gasteiger partial charge in [-0.05, 0) is 83.8 Å². The van der Waals surface area contributed by atoms with Gasteiger partial charge in [0.15, 0.2) is 23.9 Å². The van der Waals surface area contributed by atoms with Crippen molar-refractivity contribution in [1.29, 1.82) is 0 Å². The fourth-order valence-electron chi connectivity index (χ4n) is 6.05. The molecule has 1 saturated heterocycles. The van der Waals surface area contributed by atoms with Gasteiger partial charge in [-0.3, -0.25) is 19.1 Å². The number of likely N-dealkylation sites (tertiary alicyclic amines) is 1. The second-order valence-corrected chi connectivity index (χ2v) is 12.0. The topological polar surface area (TPSA) is 137 Å². The molecule has 6 bridgehead atoms. The van der Waals surface area contributed by atoms with Crippen molar-refractivity contribution >= 4 is 17.7 Å². The number of carbonyl (C=O) groups is 3. The Bertz CT molecular complexity index is 2000. The maximum absolute atomic E-state index is 13.8. The quantitative estimate of drug-likeness (QED) is 0.292. The van der Waals surface area contributed by atoms with Crippen LogP contribution < -0.4 is 24.8 Å². The molecule has 0 unspecified atom stereocenters. The number of furan rings is 1. The molecular formula is C37H35N5O7. The first-order chi connectivity index (χ1) is 23.8. The van der Waals surface area contributed by atoms with Crippen LogP contribution in [0.3, 0.4) is 0 Å². The van der Waals surface area contributed by atoms with Crippen LogP contribution in [0.2, 0.25) is 0 Å². The molecule has 12 nitrogen and oxygen atoms in total. The SMILES string of the molecule is COc1cc2ccc1O[C@H]1CN(C(=O)c3ccc(Cn4cccn4)o3)C[C@@H]1NC(=O)c1ccc(C)c(c1)-c1cccc(c1)OCC(=O)NC2. The normalized spacial score (nSPS) is 17.7. The number of ether oxygens (including phenoxy) is 3. The van der Waals surface area contributed by atoms with Gasteiger partial charge >= 0.3 is 0 Å². The summed E-state index contributed by atoms with van der Waals surface area (Å²) in [6.07, 6.45) is 2.88. The first-order valence-electron chi connectivity index (χ1n) is 15.9. The van der Waals surface area contributed by atoms with Gasteiger partial charge in [0.25, 0.3) is 17.7 Å². The first kappa shape index (κ1) is 31.6. The molecule has 1 fully saturated rings. The second kappa shape index (κ2) is 13.6. The smallest absolute Gasteiger partial charge is 0.289 e. The van der Waals surface area contributed by atoms with Crippen LogP contribution in [0.4, 0.5) is 0 Å². The summed E-state index contributed by atoms with van der Waals surface area (Å²) in [6.45, 7) is 2.82. The third-order valence-corrected chi connectivity index (χ3v) is 8.63. The van der Waals surface area contributed by atoms with Crippen LogP contribution in [0.5, 0.6) is 17.2 Å². The molecule has 0 spiro atoms. The van der Waals surface area contributed by atoms with E-state index >= 15 is 0 Å². The average Bonchev–Trinajstić information content (AvgIpc) is 3.89. The van der Waals surface area contributed by atoms with Crippen LogP contribution in [0.15, 0.2) is 95.7 Å². The minimum Gasteiger partial charge on any atom is -0.493 e. The lowest BCUT2D eigenvalue weighted by molar-refractivity contribution is -0.123. The van der Waals surface area contributed by atoms with E-state index in [9.17, 15) is 14.4 Å². The third-order valence-electron chi connectivity index (χ3n) is 8.63. The van der Waals surface area contributed by atoms with E-state index in [2.05, 4.69) is 15.7 Å². The molecule has 2 atom stereocenters. The molecule has 5 aromatic rings. The Labute approximate surface area is 282 Å². The molecule has 8 rings (SSSR count). The molecular weight excluding hydrogens is 626 g/mol. The number of carbonyl (C=O) groups excluding carboxylic acids is 3. The Balaban J connectivity index is 1.20. The zero-order chi connectivity index (χ0) is 33.9.